The molecule has 0 heterocycles. The minimum Gasteiger partial charge on any atom is -0.496 e. The number of methoxy groups -OCH3 is 3. The van der Waals surface area contributed by atoms with Crippen LogP contribution < -0.4 is 24.8 Å². The van der Waals surface area contributed by atoms with Crippen molar-refractivity contribution in [3.63, 3.8) is 0 Å². The van der Waals surface area contributed by atoms with E-state index in [1.54, 1.807) is 39.5 Å². The van der Waals surface area contributed by atoms with Gasteiger partial charge in [-0.1, -0.05) is 18.2 Å². The molecule has 0 aliphatic rings. The fourth-order valence-electron chi connectivity index (χ4n) is 2.76. The molecule has 0 atom stereocenters. The number of nitrogens with one attached hydrogen (secondary N) is 2. The quantitative estimate of drug-likeness (QED) is 0.301. The first kappa shape index (κ1) is 24.8. The summed E-state index contributed by atoms with van der Waals surface area (Å²) in [5.41, 5.74) is 1.49. The molecule has 0 aromatic heterocycles. The molecule has 0 aliphatic carbocycles. The summed E-state index contributed by atoms with van der Waals surface area (Å²) in [7, 11) is 4.83. The molecule has 0 unspecified atom stereocenters. The molecule has 0 aliphatic heterocycles. The molecule has 6 nitrogen and oxygen atoms in total. The first-order valence-corrected chi connectivity index (χ1v) is 9.17. The molecule has 0 saturated carbocycles. The van der Waals surface area contributed by atoms with Crippen molar-refractivity contribution in [2.45, 2.75) is 19.9 Å². The fourth-order valence-corrected chi connectivity index (χ4v) is 2.76. The smallest absolute Gasteiger partial charge is 0.191 e. The van der Waals surface area contributed by atoms with E-state index in [9.17, 15) is 4.39 Å². The lowest BCUT2D eigenvalue weighted by atomic mass is 10.1. The summed E-state index contributed by atoms with van der Waals surface area (Å²) in [5.74, 6) is 2.44. The van der Waals surface area contributed by atoms with Crippen molar-refractivity contribution in [2.75, 3.05) is 34.4 Å². The third-order valence-corrected chi connectivity index (χ3v) is 4.19. The molecule has 0 fully saturated rings. The average molecular weight is 517 g/mol. The molecule has 2 rings (SSSR count). The van der Waals surface area contributed by atoms with Crippen LogP contribution in [0.1, 0.15) is 18.1 Å². The van der Waals surface area contributed by atoms with E-state index in [1.165, 1.54) is 6.07 Å². The molecule has 160 valence electrons. The molecule has 2 aromatic rings. The summed E-state index contributed by atoms with van der Waals surface area (Å²) >= 11 is 0. The first-order chi connectivity index (χ1) is 13.6. The van der Waals surface area contributed by atoms with E-state index in [0.717, 1.165) is 5.56 Å². The van der Waals surface area contributed by atoms with Crippen molar-refractivity contribution in [1.82, 2.24) is 10.6 Å². The van der Waals surface area contributed by atoms with Crippen molar-refractivity contribution < 1.29 is 18.6 Å². The zero-order chi connectivity index (χ0) is 20.4. The van der Waals surface area contributed by atoms with Gasteiger partial charge < -0.3 is 24.8 Å². The van der Waals surface area contributed by atoms with Gasteiger partial charge >= 0.3 is 0 Å². The number of benzene rings is 2. The van der Waals surface area contributed by atoms with Crippen molar-refractivity contribution in [3.8, 4) is 17.2 Å². The first-order valence-electron chi connectivity index (χ1n) is 9.17. The van der Waals surface area contributed by atoms with Crippen LogP contribution in [0.3, 0.4) is 0 Å². The summed E-state index contributed by atoms with van der Waals surface area (Å²) in [6.45, 7) is 3.55. The van der Waals surface area contributed by atoms with Gasteiger partial charge in [-0.05, 0) is 19.4 Å². The van der Waals surface area contributed by atoms with Gasteiger partial charge in [0, 0.05) is 36.3 Å². The van der Waals surface area contributed by atoms with E-state index in [0.29, 0.717) is 48.3 Å². The van der Waals surface area contributed by atoms with Crippen LogP contribution in [-0.2, 0) is 13.0 Å². The Bertz CT molecular complexity index is 777. The minimum absolute atomic E-state index is 0. The van der Waals surface area contributed by atoms with E-state index in [2.05, 4.69) is 15.6 Å². The molecule has 2 aromatic carbocycles. The standard InChI is InChI=1S/C21H28FN3O3.HI/c1-5-23-21(25-14-15-8-6-7-9-18(15)22)24-11-10-17-19(27-3)12-16(26-2)13-20(17)28-4;/h6-9,12-13H,5,10-11,14H2,1-4H3,(H2,23,24,25);1H. The zero-order valence-corrected chi connectivity index (χ0v) is 19.6. The Morgan fingerprint density at radius 2 is 1.66 bits per heavy atom. The topological polar surface area (TPSA) is 64.1 Å². The van der Waals surface area contributed by atoms with Crippen LogP contribution in [0.25, 0.3) is 0 Å². The van der Waals surface area contributed by atoms with E-state index < -0.39 is 0 Å². The Balaban J connectivity index is 0.00000420. The second kappa shape index (κ2) is 13.1. The second-order valence-electron chi connectivity index (χ2n) is 5.97. The number of guanidine groups is 1. The van der Waals surface area contributed by atoms with Crippen LogP contribution in [-0.4, -0.2) is 40.4 Å². The van der Waals surface area contributed by atoms with Gasteiger partial charge in [-0.2, -0.15) is 0 Å². The molecule has 0 saturated heterocycles. The Labute approximate surface area is 188 Å². The maximum Gasteiger partial charge on any atom is 0.191 e. The van der Waals surface area contributed by atoms with Crippen molar-refractivity contribution in [1.29, 1.82) is 0 Å². The molecule has 8 heteroatoms. The normalized spacial score (nSPS) is 10.7. The SMILES string of the molecule is CCNC(=NCc1ccccc1F)NCCc1c(OC)cc(OC)cc1OC.I. The summed E-state index contributed by atoms with van der Waals surface area (Å²) in [6.07, 6.45) is 0.653. The Kier molecular flexibility index (Phi) is 11.2. The summed E-state index contributed by atoms with van der Waals surface area (Å²) in [4.78, 5) is 4.46. The minimum atomic E-state index is -0.255. The number of hydrogen-bond donors (Lipinski definition) is 2. The van der Waals surface area contributed by atoms with Crippen LogP contribution in [0.2, 0.25) is 0 Å². The van der Waals surface area contributed by atoms with Gasteiger partial charge in [0.25, 0.3) is 0 Å². The summed E-state index contributed by atoms with van der Waals surface area (Å²) in [6, 6.07) is 10.3. The highest BCUT2D eigenvalue weighted by molar-refractivity contribution is 14.0. The predicted molar refractivity (Wildman–Crippen MR) is 124 cm³/mol. The fraction of sp³-hybridized carbons (Fsp3) is 0.381. The van der Waals surface area contributed by atoms with Crippen molar-refractivity contribution in [2.24, 2.45) is 4.99 Å². The molecular weight excluding hydrogens is 488 g/mol. The summed E-state index contributed by atoms with van der Waals surface area (Å²) < 4.78 is 30.0. The Morgan fingerprint density at radius 1 is 1.00 bits per heavy atom. The Morgan fingerprint density at radius 3 is 2.21 bits per heavy atom. The molecule has 0 radical (unpaired) electrons. The maximum atomic E-state index is 13.8. The third-order valence-electron chi connectivity index (χ3n) is 4.19. The third kappa shape index (κ3) is 7.26. The molecule has 0 bridgehead atoms. The summed E-state index contributed by atoms with van der Waals surface area (Å²) in [5, 5.41) is 6.43. The Hall–Kier alpha value is -2.23. The van der Waals surface area contributed by atoms with Crippen LogP contribution >= 0.6 is 24.0 Å². The second-order valence-corrected chi connectivity index (χ2v) is 5.97. The van der Waals surface area contributed by atoms with Crippen LogP contribution in [0.5, 0.6) is 17.2 Å². The number of nitrogens with zero attached hydrogens (tertiary/aromatic N) is 1. The lowest BCUT2D eigenvalue weighted by molar-refractivity contribution is 0.368. The van der Waals surface area contributed by atoms with Crippen LogP contribution in [0.4, 0.5) is 4.39 Å². The van der Waals surface area contributed by atoms with Crippen molar-refractivity contribution >= 4 is 29.9 Å². The van der Waals surface area contributed by atoms with Gasteiger partial charge in [0.05, 0.1) is 27.9 Å². The average Bonchev–Trinajstić information content (AvgIpc) is 2.72. The number of hydrogen-bond acceptors (Lipinski definition) is 4. The van der Waals surface area contributed by atoms with Gasteiger partial charge in [0.2, 0.25) is 0 Å². The van der Waals surface area contributed by atoms with Crippen LogP contribution in [0.15, 0.2) is 41.4 Å². The lowest BCUT2D eigenvalue weighted by Crippen LogP contribution is -2.38. The van der Waals surface area contributed by atoms with Gasteiger partial charge in [0.1, 0.15) is 23.1 Å². The van der Waals surface area contributed by atoms with E-state index in [-0.39, 0.29) is 36.3 Å². The highest BCUT2D eigenvalue weighted by Crippen LogP contribution is 2.34. The number of rotatable bonds is 9. The van der Waals surface area contributed by atoms with Gasteiger partial charge in [-0.3, -0.25) is 0 Å². The zero-order valence-electron chi connectivity index (χ0n) is 17.3. The number of ether oxygens (including phenoxy) is 3. The molecule has 0 spiro atoms. The van der Waals surface area contributed by atoms with E-state index >= 15 is 0 Å². The lowest BCUT2D eigenvalue weighted by Gasteiger charge is -2.16. The molecular formula is C21H29FIN3O3. The highest BCUT2D eigenvalue weighted by atomic mass is 127. The largest absolute Gasteiger partial charge is 0.496 e. The van der Waals surface area contributed by atoms with Crippen molar-refractivity contribution in [3.05, 3.63) is 53.3 Å². The number of halogens is 2. The van der Waals surface area contributed by atoms with Gasteiger partial charge in [-0.25, -0.2) is 9.38 Å². The molecule has 29 heavy (non-hydrogen) atoms. The maximum absolute atomic E-state index is 13.8. The monoisotopic (exact) mass is 517 g/mol. The van der Waals surface area contributed by atoms with E-state index in [4.69, 9.17) is 14.2 Å². The predicted octanol–water partition coefficient (Wildman–Crippen LogP) is 3.77. The van der Waals surface area contributed by atoms with Gasteiger partial charge in [-0.15, -0.1) is 24.0 Å². The highest BCUT2D eigenvalue weighted by Gasteiger charge is 2.13. The molecule has 2 N–H and O–H groups in total. The number of aliphatic imine (C=N–C) groups is 1. The van der Waals surface area contributed by atoms with E-state index in [1.807, 2.05) is 19.1 Å². The van der Waals surface area contributed by atoms with Crippen LogP contribution in [0, 0.1) is 5.82 Å². The van der Waals surface area contributed by atoms with Gasteiger partial charge in [0.15, 0.2) is 5.96 Å². The molecule has 0 amide bonds.